The zero-order valence-electron chi connectivity index (χ0n) is 80.8. The number of nitrogens with one attached hydrogen (secondary N) is 2. The molecule has 12 heterocycles. The van der Waals surface area contributed by atoms with E-state index in [9.17, 15) is 9.59 Å². The Morgan fingerprint density at radius 3 is 1.11 bits per heavy atom. The van der Waals surface area contributed by atoms with Gasteiger partial charge in [-0.2, -0.15) is 38.5 Å². The van der Waals surface area contributed by atoms with Gasteiger partial charge in [0.25, 0.3) is 0 Å². The SMILES string of the molecule is CCOCCOc1ccc(NC(=O)CC(C)C)cc1-c1nnc2/c(=C\c3ccc(N(C)C)s3)c(C(C)(C)C)nn12.COc1ccc(NC(C)=O)cc1-c1nnc2/c(=C\c3ccc(N(C)C)s3)c(C(C)(C)C)nn12.COc1cccc(C)c1-c1nnc2/c(=C\c3ccc(N(C)C)s3)c(C(C)(C)C)nn12.COc1ccccc1-c1nnc2/c(=C\c3ccc(N(C)C)s3)c(C(C)(C)C)nn12. The molecule has 12 aromatic heterocycles. The highest BCUT2D eigenvalue weighted by Gasteiger charge is 2.32. The van der Waals surface area contributed by atoms with Gasteiger partial charge >= 0.3 is 0 Å². The molecule has 0 spiro atoms. The number of nitrogens with zero attached hydrogens (tertiary/aromatic N) is 20. The van der Waals surface area contributed by atoms with Gasteiger partial charge in [-0.1, -0.05) is 121 Å². The molecule has 0 fully saturated rings. The number of benzene rings is 4. The van der Waals surface area contributed by atoms with Crippen LogP contribution < -0.4 is 70.1 Å². The van der Waals surface area contributed by atoms with E-state index in [0.29, 0.717) is 94.8 Å². The number of hydrogen-bond acceptors (Lipinski definition) is 27. The van der Waals surface area contributed by atoms with E-state index in [4.69, 9.17) is 44.1 Å². The van der Waals surface area contributed by atoms with Crippen LogP contribution in [0.1, 0.15) is 165 Å². The molecule has 0 atom stereocenters. The number of aryl methyl sites for hydroxylation is 1. The standard InChI is InChI=1S/C30H40N6O3S.C24H28N6O2S.C23H27N5OS.C22H25N5OS/c1-9-38-14-15-39-24-12-10-20(31-25(37)16-19(2)3)17-22(24)28-32-33-29-23(27(30(4,5)6)34-36(28)29)18-21-11-13-26(40-21)35(7)8;1-14(31)25-15-8-10-19(32-7)17(12-15)22-26-27-23-18(21(24(2,3)4)28-30(22)23)13-16-9-11-20(33-16)29(5)6;1-14-9-8-10-17(29-7)19(14)22-25-24-21-16(20(23(2,3)4)26-28(21)22)13-15-11-12-18(30-15)27(5)6;1-22(2,3)19-16(13-14-11-12-18(29-14)26(4)5)21-24-23-20(27(21)25-19)15-9-7-8-10-17(15)28-6/h10-13,17-19H,9,14-16H2,1-8H3,(H,31,37);8-13H,1-7H3,(H,25,31);8-13H,1-7H3;7-13H,1-6H3/b23-18-;18-13-;2*16-13-. The molecule has 2 N–H and O–H groups in total. The number of fused-ring (bicyclic) bond motifs is 4. The number of ether oxygens (including phenoxy) is 5. The van der Waals surface area contributed by atoms with E-state index in [1.54, 1.807) is 87.8 Å². The molecule has 2 amide bonds. The number of hydrogen-bond donors (Lipinski definition) is 2. The van der Waals surface area contributed by atoms with Crippen LogP contribution in [0.25, 0.3) is 92.4 Å². The van der Waals surface area contributed by atoms with Gasteiger partial charge in [0.2, 0.25) is 11.8 Å². The fraction of sp³-hybridized carbons (Fsp3) is 0.374. The summed E-state index contributed by atoms with van der Waals surface area (Å²) >= 11 is 6.90. The van der Waals surface area contributed by atoms with Crippen molar-refractivity contribution in [2.45, 2.75) is 146 Å². The lowest BCUT2D eigenvalue weighted by atomic mass is 9.91. The molecule has 132 heavy (non-hydrogen) atoms. The molecule has 0 aliphatic carbocycles. The van der Waals surface area contributed by atoms with E-state index in [1.807, 2.05) is 132 Å². The maximum absolute atomic E-state index is 12.5. The fourth-order valence-electron chi connectivity index (χ4n) is 14.8. The van der Waals surface area contributed by atoms with Crippen molar-refractivity contribution < 1.29 is 33.3 Å². The zero-order valence-corrected chi connectivity index (χ0v) is 84.0. The summed E-state index contributed by atoms with van der Waals surface area (Å²) < 4.78 is 35.5. The highest BCUT2D eigenvalue weighted by atomic mass is 32.1. The molecule has 33 heteroatoms. The van der Waals surface area contributed by atoms with Crippen molar-refractivity contribution in [3.8, 4) is 68.5 Å². The molecule has 0 radical (unpaired) electrons. The maximum Gasteiger partial charge on any atom is 0.224 e. The third kappa shape index (κ3) is 21.7. The molecule has 0 aliphatic heterocycles. The van der Waals surface area contributed by atoms with Gasteiger partial charge in [-0.3, -0.25) is 9.59 Å². The van der Waals surface area contributed by atoms with Crippen molar-refractivity contribution in [2.24, 2.45) is 5.92 Å². The Labute approximate surface area is 786 Å². The molecule has 0 saturated heterocycles. The van der Waals surface area contributed by atoms with Crippen LogP contribution in [-0.2, 0) is 36.0 Å². The van der Waals surface area contributed by atoms with E-state index in [-0.39, 0.29) is 39.4 Å². The first-order valence-electron chi connectivity index (χ1n) is 43.6. The van der Waals surface area contributed by atoms with Gasteiger partial charge in [0.05, 0.1) is 93.0 Å². The second kappa shape index (κ2) is 40.1. The highest BCUT2D eigenvalue weighted by molar-refractivity contribution is 7.18. The Morgan fingerprint density at radius 2 is 0.750 bits per heavy atom. The minimum Gasteiger partial charge on any atom is -0.496 e. The van der Waals surface area contributed by atoms with E-state index in [0.717, 1.165) is 103 Å². The Hall–Kier alpha value is -12.8. The van der Waals surface area contributed by atoms with Gasteiger partial charge in [-0.05, 0) is 153 Å². The lowest BCUT2D eigenvalue weighted by molar-refractivity contribution is -0.117. The molecule has 692 valence electrons. The Morgan fingerprint density at radius 1 is 0.409 bits per heavy atom. The summed E-state index contributed by atoms with van der Waals surface area (Å²) in [7, 11) is 21.3. The van der Waals surface area contributed by atoms with Gasteiger partial charge in [0, 0.05) is 150 Å². The predicted octanol–water partition coefficient (Wildman–Crippen LogP) is 16.7. The summed E-state index contributed by atoms with van der Waals surface area (Å²) in [6.45, 7) is 36.9. The number of thiophene rings is 4. The van der Waals surface area contributed by atoms with Crippen LogP contribution in [0.3, 0.4) is 0 Å². The number of anilines is 6. The largest absolute Gasteiger partial charge is 0.496 e. The Balaban J connectivity index is 0.000000151. The number of aromatic nitrogens is 16. The van der Waals surface area contributed by atoms with Gasteiger partial charge in [0.15, 0.2) is 45.9 Å². The molecule has 0 saturated carbocycles. The number of carbonyl (C=O) groups is 2. The Bertz CT molecular complexity index is 7040. The summed E-state index contributed by atoms with van der Waals surface area (Å²) in [6.07, 6.45) is 9.05. The predicted molar refractivity (Wildman–Crippen MR) is 538 cm³/mol. The van der Waals surface area contributed by atoms with Crippen molar-refractivity contribution >= 4 is 135 Å². The quantitative estimate of drug-likeness (QED) is 0.0531. The lowest BCUT2D eigenvalue weighted by Crippen LogP contribution is -2.22. The third-order valence-corrected chi connectivity index (χ3v) is 25.9. The van der Waals surface area contributed by atoms with Gasteiger partial charge < -0.3 is 53.9 Å². The average molecular weight is 1860 g/mol. The van der Waals surface area contributed by atoms with Gasteiger partial charge in [-0.15, -0.1) is 86.1 Å². The number of rotatable bonds is 24. The van der Waals surface area contributed by atoms with Gasteiger partial charge in [0.1, 0.15) is 29.6 Å². The average Bonchev–Trinajstić information content (AvgIpc) is 1.60. The topological polar surface area (TPSA) is 290 Å². The van der Waals surface area contributed by atoms with Crippen LogP contribution in [0.4, 0.5) is 31.4 Å². The van der Waals surface area contributed by atoms with E-state index in [1.165, 1.54) is 26.9 Å². The summed E-state index contributed by atoms with van der Waals surface area (Å²) in [6, 6.07) is 41.7. The second-order valence-electron chi connectivity index (χ2n) is 37.3. The zero-order chi connectivity index (χ0) is 95.3. The van der Waals surface area contributed by atoms with E-state index >= 15 is 0 Å². The molecule has 0 aliphatic rings. The molecular weight excluding hydrogens is 1740 g/mol. The number of carbonyl (C=O) groups excluding carboxylic acids is 2. The molecule has 0 bridgehead atoms. The normalized spacial score (nSPS) is 12.6. The first-order valence-corrected chi connectivity index (χ1v) is 46.9. The molecule has 16 rings (SSSR count). The number of amides is 2. The first kappa shape index (κ1) is 96.7. The molecular formula is C99H120N22O7S4. The molecule has 0 unspecified atom stereocenters. The van der Waals surface area contributed by atoms with Crippen LogP contribution in [0.2, 0.25) is 0 Å². The number of para-hydroxylation sites is 1. The van der Waals surface area contributed by atoms with Crippen LogP contribution in [0, 0.1) is 12.8 Å². The lowest BCUT2D eigenvalue weighted by Gasteiger charge is -2.15. The first-order chi connectivity index (χ1) is 62.5. The van der Waals surface area contributed by atoms with E-state index < -0.39 is 0 Å². The van der Waals surface area contributed by atoms with Crippen LogP contribution >= 0.6 is 45.3 Å². The van der Waals surface area contributed by atoms with Crippen molar-refractivity contribution in [3.05, 3.63) is 196 Å². The second-order valence-corrected chi connectivity index (χ2v) is 41.7. The minimum absolute atomic E-state index is 0.0382. The minimum atomic E-state index is -0.227. The van der Waals surface area contributed by atoms with Crippen molar-refractivity contribution in [1.29, 1.82) is 0 Å². The van der Waals surface area contributed by atoms with Crippen molar-refractivity contribution in [3.63, 3.8) is 0 Å². The van der Waals surface area contributed by atoms with Crippen molar-refractivity contribution in [2.75, 3.05) is 128 Å². The smallest absolute Gasteiger partial charge is 0.224 e. The monoisotopic (exact) mass is 1860 g/mol. The van der Waals surface area contributed by atoms with Gasteiger partial charge in [-0.25, -0.2) is 0 Å². The molecule has 29 nitrogen and oxygen atoms in total. The van der Waals surface area contributed by atoms with Crippen LogP contribution in [-0.4, -0.2) is 189 Å². The van der Waals surface area contributed by atoms with E-state index in [2.05, 4.69) is 255 Å². The highest BCUT2D eigenvalue weighted by Crippen LogP contribution is 2.39. The molecule has 4 aromatic carbocycles. The van der Waals surface area contributed by atoms with Crippen LogP contribution in [0.15, 0.2) is 127 Å². The summed E-state index contributed by atoms with van der Waals surface area (Å²) in [5, 5.41) is 70.5. The summed E-state index contributed by atoms with van der Waals surface area (Å²) in [5.41, 5.74) is 11.6. The fourth-order valence-corrected chi connectivity index (χ4v) is 18.3. The summed E-state index contributed by atoms with van der Waals surface area (Å²) in [4.78, 5) is 37.1. The van der Waals surface area contributed by atoms with Crippen LogP contribution in [0.5, 0.6) is 23.0 Å². The Kier molecular flexibility index (Phi) is 29.4. The maximum atomic E-state index is 12.5. The molecule has 16 aromatic rings. The number of methoxy groups -OCH3 is 3. The third-order valence-electron chi connectivity index (χ3n) is 21.1. The summed E-state index contributed by atoms with van der Waals surface area (Å²) in [5.74, 6) is 5.32. The van der Waals surface area contributed by atoms with Crippen molar-refractivity contribution in [1.82, 2.24) is 79.2 Å².